The van der Waals surface area contributed by atoms with Gasteiger partial charge in [0, 0.05) is 20.0 Å². The van der Waals surface area contributed by atoms with Gasteiger partial charge in [-0.05, 0) is 47.4 Å². The molecule has 29 heavy (non-hydrogen) atoms. The van der Waals surface area contributed by atoms with E-state index < -0.39 is 0 Å². The number of aliphatic imine (C=N–C) groups is 1. The van der Waals surface area contributed by atoms with Gasteiger partial charge in [-0.1, -0.05) is 24.3 Å². The van der Waals surface area contributed by atoms with E-state index in [1.54, 1.807) is 30.0 Å². The molecule has 6 nitrogen and oxygen atoms in total. The number of carbonyl (C=O) groups is 2. The summed E-state index contributed by atoms with van der Waals surface area (Å²) < 4.78 is 0. The second kappa shape index (κ2) is 7.72. The lowest BCUT2D eigenvalue weighted by molar-refractivity contribution is -0.128. The third-order valence-corrected chi connectivity index (χ3v) is 5.20. The van der Waals surface area contributed by atoms with Gasteiger partial charge in [-0.3, -0.25) is 14.6 Å². The number of amides is 2. The number of fused-ring (bicyclic) bond motifs is 1. The zero-order valence-electron chi connectivity index (χ0n) is 16.1. The van der Waals surface area contributed by atoms with Crippen LogP contribution in [0, 0.1) is 11.3 Å². The van der Waals surface area contributed by atoms with Gasteiger partial charge in [-0.25, -0.2) is 0 Å². The number of rotatable bonds is 2. The molecule has 2 aliphatic heterocycles. The van der Waals surface area contributed by atoms with Gasteiger partial charge in [0.15, 0.2) is 0 Å². The highest BCUT2D eigenvalue weighted by molar-refractivity contribution is 6.17. The smallest absolute Gasteiger partial charge is 0.230 e. The van der Waals surface area contributed by atoms with Crippen LogP contribution in [0.25, 0.3) is 5.57 Å². The number of nitrogens with zero attached hydrogens (tertiary/aromatic N) is 3. The van der Waals surface area contributed by atoms with Crippen LogP contribution >= 0.6 is 0 Å². The molecule has 1 N–H and O–H groups in total. The molecule has 2 aliphatic rings. The van der Waals surface area contributed by atoms with E-state index in [0.717, 1.165) is 23.1 Å². The molecule has 0 spiro atoms. The van der Waals surface area contributed by atoms with E-state index in [-0.39, 0.29) is 18.2 Å². The van der Waals surface area contributed by atoms with Crippen LogP contribution in [0.4, 0.5) is 11.4 Å². The average molecular weight is 384 g/mol. The van der Waals surface area contributed by atoms with Gasteiger partial charge in [0.25, 0.3) is 0 Å². The van der Waals surface area contributed by atoms with Crippen molar-refractivity contribution in [2.75, 3.05) is 18.4 Å². The Bertz CT molecular complexity index is 1110. The maximum absolute atomic E-state index is 12.5. The standard InChI is InChI=1S/C23H20N4O2/c1-15(28)27-9-7-17(8-10-27)18-5-6-20-22(12-18)26-23(29)13-21(25-20)19-4-2-3-16(11-19)14-24/h2-7,11-12H,8-10,13H2,1H3,(H,26,29). The molecule has 0 atom stereocenters. The topological polar surface area (TPSA) is 85.6 Å². The summed E-state index contributed by atoms with van der Waals surface area (Å²) in [5, 5.41) is 12.1. The van der Waals surface area contributed by atoms with E-state index in [0.29, 0.717) is 35.7 Å². The second-order valence-corrected chi connectivity index (χ2v) is 7.15. The maximum Gasteiger partial charge on any atom is 0.230 e. The maximum atomic E-state index is 12.5. The number of nitriles is 1. The molecule has 0 unspecified atom stereocenters. The second-order valence-electron chi connectivity index (χ2n) is 7.15. The minimum absolute atomic E-state index is 0.0804. The monoisotopic (exact) mass is 384 g/mol. The minimum atomic E-state index is -0.137. The first-order valence-electron chi connectivity index (χ1n) is 9.50. The fraction of sp³-hybridized carbons (Fsp3) is 0.217. The molecule has 0 fully saturated rings. The van der Waals surface area contributed by atoms with E-state index in [4.69, 9.17) is 10.3 Å². The Morgan fingerprint density at radius 1 is 1.21 bits per heavy atom. The lowest BCUT2D eigenvalue weighted by Gasteiger charge is -2.25. The van der Waals surface area contributed by atoms with Crippen molar-refractivity contribution in [1.82, 2.24) is 4.90 Å². The van der Waals surface area contributed by atoms with Gasteiger partial charge >= 0.3 is 0 Å². The van der Waals surface area contributed by atoms with Crippen molar-refractivity contribution in [3.63, 3.8) is 0 Å². The molecule has 0 aliphatic carbocycles. The van der Waals surface area contributed by atoms with Gasteiger partial charge in [-0.15, -0.1) is 0 Å². The van der Waals surface area contributed by atoms with E-state index in [9.17, 15) is 9.59 Å². The number of carbonyl (C=O) groups excluding carboxylic acids is 2. The molecule has 2 amide bonds. The van der Waals surface area contributed by atoms with Crippen LogP contribution < -0.4 is 5.32 Å². The molecule has 2 aromatic rings. The van der Waals surface area contributed by atoms with Crippen LogP contribution in [0.1, 0.15) is 36.5 Å². The summed E-state index contributed by atoms with van der Waals surface area (Å²) in [6.07, 6.45) is 2.99. The summed E-state index contributed by atoms with van der Waals surface area (Å²) >= 11 is 0. The molecule has 6 heteroatoms. The van der Waals surface area contributed by atoms with Crippen LogP contribution in [0.5, 0.6) is 0 Å². The highest BCUT2D eigenvalue weighted by Gasteiger charge is 2.20. The zero-order chi connectivity index (χ0) is 20.4. The Morgan fingerprint density at radius 3 is 2.79 bits per heavy atom. The highest BCUT2D eigenvalue weighted by atomic mass is 16.2. The molecular formula is C23H20N4O2. The molecule has 0 radical (unpaired) electrons. The average Bonchev–Trinajstić information content (AvgIpc) is 2.91. The minimum Gasteiger partial charge on any atom is -0.339 e. The summed E-state index contributed by atoms with van der Waals surface area (Å²) in [6.45, 7) is 2.88. The predicted molar refractivity (Wildman–Crippen MR) is 112 cm³/mol. The fourth-order valence-corrected chi connectivity index (χ4v) is 3.62. The quantitative estimate of drug-likeness (QED) is 0.857. The molecule has 0 saturated carbocycles. The highest BCUT2D eigenvalue weighted by Crippen LogP contribution is 2.33. The third kappa shape index (κ3) is 3.94. The summed E-state index contributed by atoms with van der Waals surface area (Å²) in [4.78, 5) is 30.5. The van der Waals surface area contributed by atoms with Gasteiger partial charge in [0.1, 0.15) is 0 Å². The lowest BCUT2D eigenvalue weighted by atomic mass is 9.98. The van der Waals surface area contributed by atoms with E-state index in [1.807, 2.05) is 24.3 Å². The van der Waals surface area contributed by atoms with Crippen LogP contribution in [-0.4, -0.2) is 35.5 Å². The fourth-order valence-electron chi connectivity index (χ4n) is 3.62. The van der Waals surface area contributed by atoms with Gasteiger partial charge in [0.05, 0.1) is 35.1 Å². The van der Waals surface area contributed by atoms with E-state index in [2.05, 4.69) is 17.5 Å². The van der Waals surface area contributed by atoms with Crippen LogP contribution in [0.3, 0.4) is 0 Å². The lowest BCUT2D eigenvalue weighted by Crippen LogP contribution is -2.32. The Kier molecular flexibility index (Phi) is 4.96. The van der Waals surface area contributed by atoms with Crippen molar-refractivity contribution in [3.8, 4) is 6.07 Å². The van der Waals surface area contributed by atoms with Gasteiger partial charge in [0.2, 0.25) is 11.8 Å². The molecule has 4 rings (SSSR count). The van der Waals surface area contributed by atoms with E-state index >= 15 is 0 Å². The SMILES string of the molecule is CC(=O)N1CC=C(c2ccc3c(c2)NC(=O)CC(c2cccc(C#N)c2)=N3)CC1. The van der Waals surface area contributed by atoms with Crippen LogP contribution in [0.2, 0.25) is 0 Å². The zero-order valence-corrected chi connectivity index (χ0v) is 16.1. The van der Waals surface area contributed by atoms with Crippen molar-refractivity contribution in [2.24, 2.45) is 4.99 Å². The first-order chi connectivity index (χ1) is 14.0. The molecular weight excluding hydrogens is 364 g/mol. The largest absolute Gasteiger partial charge is 0.339 e. The number of nitrogens with one attached hydrogen (secondary N) is 1. The van der Waals surface area contributed by atoms with Gasteiger partial charge < -0.3 is 10.2 Å². The number of anilines is 1. The number of benzene rings is 2. The Morgan fingerprint density at radius 2 is 2.07 bits per heavy atom. The van der Waals surface area contributed by atoms with Crippen LogP contribution in [-0.2, 0) is 9.59 Å². The molecule has 0 saturated heterocycles. The van der Waals surface area contributed by atoms with Crippen molar-refractivity contribution in [3.05, 3.63) is 65.2 Å². The molecule has 0 bridgehead atoms. The third-order valence-electron chi connectivity index (χ3n) is 5.20. The predicted octanol–water partition coefficient (Wildman–Crippen LogP) is 3.66. The summed E-state index contributed by atoms with van der Waals surface area (Å²) in [5.41, 5.74) is 5.50. The summed E-state index contributed by atoms with van der Waals surface area (Å²) in [5.74, 6) is -0.0563. The van der Waals surface area contributed by atoms with Crippen molar-refractivity contribution >= 4 is 34.5 Å². The Balaban J connectivity index is 1.67. The first-order valence-corrected chi connectivity index (χ1v) is 9.50. The number of hydrogen-bond donors (Lipinski definition) is 1. The Labute approximate surface area is 169 Å². The normalized spacial score (nSPS) is 16.0. The molecule has 144 valence electrons. The van der Waals surface area contributed by atoms with Crippen molar-refractivity contribution in [1.29, 1.82) is 5.26 Å². The summed E-state index contributed by atoms with van der Waals surface area (Å²) in [6, 6.07) is 15.1. The molecule has 2 heterocycles. The van der Waals surface area contributed by atoms with E-state index in [1.165, 1.54) is 0 Å². The first kappa shape index (κ1) is 18.6. The van der Waals surface area contributed by atoms with Crippen molar-refractivity contribution < 1.29 is 9.59 Å². The van der Waals surface area contributed by atoms with Crippen molar-refractivity contribution in [2.45, 2.75) is 19.8 Å². The number of hydrogen-bond acceptors (Lipinski definition) is 4. The Hall–Kier alpha value is -3.72. The molecule has 0 aromatic heterocycles. The van der Waals surface area contributed by atoms with Crippen LogP contribution in [0.15, 0.2) is 53.5 Å². The summed E-state index contributed by atoms with van der Waals surface area (Å²) in [7, 11) is 0. The molecule has 2 aromatic carbocycles. The van der Waals surface area contributed by atoms with Gasteiger partial charge in [-0.2, -0.15) is 5.26 Å².